The smallest absolute Gasteiger partial charge is 0.173 e. The minimum absolute atomic E-state index is 0.0328. The molecule has 3 unspecified atom stereocenters. The van der Waals surface area contributed by atoms with E-state index in [2.05, 4.69) is 11.4 Å². The average Bonchev–Trinajstić information content (AvgIpc) is 2.59. The molecule has 1 saturated carbocycles. The molecule has 0 aromatic carbocycles. The molecule has 2 rings (SSSR count). The monoisotopic (exact) mass is 240 g/mol. The lowest BCUT2D eigenvalue weighted by molar-refractivity contribution is 0.304. The quantitative estimate of drug-likeness (QED) is 0.780. The van der Waals surface area contributed by atoms with Gasteiger partial charge < -0.3 is 5.32 Å². The Bertz CT molecular complexity index is 422. The van der Waals surface area contributed by atoms with Crippen molar-refractivity contribution in [3.8, 4) is 6.07 Å². The van der Waals surface area contributed by atoms with Crippen LogP contribution in [0.15, 0.2) is 11.5 Å². The first-order valence-electron chi connectivity index (χ1n) is 5.67. The summed E-state index contributed by atoms with van der Waals surface area (Å²) < 4.78 is 22.5. The zero-order chi connectivity index (χ0) is 11.6. The maximum absolute atomic E-state index is 11.2. The van der Waals surface area contributed by atoms with E-state index in [1.807, 2.05) is 0 Å². The Balaban J connectivity index is 1.95. The van der Waals surface area contributed by atoms with Crippen LogP contribution in [0.3, 0.4) is 0 Å². The highest BCUT2D eigenvalue weighted by molar-refractivity contribution is 7.94. The predicted octanol–water partition coefficient (Wildman–Crippen LogP) is 0.969. The molecule has 0 amide bonds. The highest BCUT2D eigenvalue weighted by Crippen LogP contribution is 2.24. The van der Waals surface area contributed by atoms with Crippen LogP contribution in [0, 0.1) is 17.2 Å². The molecule has 0 spiro atoms. The van der Waals surface area contributed by atoms with Crippen molar-refractivity contribution >= 4 is 9.84 Å². The normalized spacial score (nSPS) is 37.1. The molecule has 1 aliphatic carbocycles. The summed E-state index contributed by atoms with van der Waals surface area (Å²) in [6.45, 7) is 0. The fourth-order valence-corrected chi connectivity index (χ4v) is 3.69. The Kier molecular flexibility index (Phi) is 3.31. The van der Waals surface area contributed by atoms with Crippen molar-refractivity contribution in [1.82, 2.24) is 5.32 Å². The molecule has 5 heteroatoms. The van der Waals surface area contributed by atoms with E-state index in [1.165, 1.54) is 5.41 Å². The molecular weight excluding hydrogens is 224 g/mol. The van der Waals surface area contributed by atoms with Gasteiger partial charge in [-0.3, -0.25) is 0 Å². The van der Waals surface area contributed by atoms with Gasteiger partial charge in [0, 0.05) is 17.5 Å². The maximum atomic E-state index is 11.2. The van der Waals surface area contributed by atoms with Crippen molar-refractivity contribution < 1.29 is 8.42 Å². The predicted molar refractivity (Wildman–Crippen MR) is 61.2 cm³/mol. The second-order valence-corrected chi connectivity index (χ2v) is 6.49. The minimum atomic E-state index is -3.00. The molecule has 0 aromatic heterocycles. The van der Waals surface area contributed by atoms with E-state index in [1.54, 1.807) is 6.08 Å². The van der Waals surface area contributed by atoms with E-state index in [9.17, 15) is 8.42 Å². The number of nitrogens with zero attached hydrogens (tertiary/aromatic N) is 1. The summed E-state index contributed by atoms with van der Waals surface area (Å²) >= 11 is 0. The van der Waals surface area contributed by atoms with Gasteiger partial charge in [-0.2, -0.15) is 5.26 Å². The van der Waals surface area contributed by atoms with Gasteiger partial charge in [-0.25, -0.2) is 8.42 Å². The van der Waals surface area contributed by atoms with Gasteiger partial charge >= 0.3 is 0 Å². The molecule has 16 heavy (non-hydrogen) atoms. The van der Waals surface area contributed by atoms with Crippen LogP contribution < -0.4 is 5.32 Å². The molecular formula is C11H16N2O2S. The molecule has 3 atom stereocenters. The lowest BCUT2D eigenvalue weighted by Gasteiger charge is -2.29. The Labute approximate surface area is 96.3 Å². The molecule has 88 valence electrons. The molecule has 0 aromatic rings. The first-order chi connectivity index (χ1) is 7.61. The second-order valence-electron chi connectivity index (χ2n) is 4.56. The highest BCUT2D eigenvalue weighted by atomic mass is 32.2. The van der Waals surface area contributed by atoms with Crippen molar-refractivity contribution in [3.05, 3.63) is 11.5 Å². The zero-order valence-electron chi connectivity index (χ0n) is 9.09. The van der Waals surface area contributed by atoms with E-state index in [0.717, 1.165) is 25.7 Å². The van der Waals surface area contributed by atoms with Gasteiger partial charge in [0.25, 0.3) is 0 Å². The Hall–Kier alpha value is -0.860. The summed E-state index contributed by atoms with van der Waals surface area (Å²) in [5, 5.41) is 13.6. The largest absolute Gasteiger partial charge is 0.305 e. The second kappa shape index (κ2) is 4.56. The summed E-state index contributed by atoms with van der Waals surface area (Å²) in [6.07, 6.45) is 5.83. The van der Waals surface area contributed by atoms with Gasteiger partial charge in [-0.05, 0) is 12.8 Å². The molecule has 1 heterocycles. The van der Waals surface area contributed by atoms with Gasteiger partial charge in [0.2, 0.25) is 0 Å². The van der Waals surface area contributed by atoms with Crippen LogP contribution in [0.2, 0.25) is 0 Å². The SMILES string of the molecule is N#CC1CCCCC1NC1C=CS(=O)(=O)C1. The topological polar surface area (TPSA) is 70.0 Å². The van der Waals surface area contributed by atoms with Crippen LogP contribution in [0.4, 0.5) is 0 Å². The van der Waals surface area contributed by atoms with Gasteiger partial charge in [-0.15, -0.1) is 0 Å². The van der Waals surface area contributed by atoms with Crippen LogP contribution in [-0.4, -0.2) is 26.3 Å². The highest BCUT2D eigenvalue weighted by Gasteiger charge is 2.29. The Morgan fingerprint density at radius 3 is 2.69 bits per heavy atom. The van der Waals surface area contributed by atoms with Crippen LogP contribution in [-0.2, 0) is 9.84 Å². The van der Waals surface area contributed by atoms with Crippen molar-refractivity contribution in [3.63, 3.8) is 0 Å². The lowest BCUT2D eigenvalue weighted by Crippen LogP contribution is -2.44. The van der Waals surface area contributed by atoms with E-state index in [0.29, 0.717) is 0 Å². The molecule has 0 bridgehead atoms. The van der Waals surface area contributed by atoms with Gasteiger partial charge in [0.05, 0.1) is 17.7 Å². The van der Waals surface area contributed by atoms with E-state index in [4.69, 9.17) is 5.26 Å². The number of rotatable bonds is 2. The fourth-order valence-electron chi connectivity index (χ4n) is 2.44. The lowest BCUT2D eigenvalue weighted by atomic mass is 9.85. The van der Waals surface area contributed by atoms with E-state index < -0.39 is 9.84 Å². The number of hydrogen-bond acceptors (Lipinski definition) is 4. The molecule has 2 aliphatic rings. The van der Waals surface area contributed by atoms with Crippen molar-refractivity contribution in [2.24, 2.45) is 5.92 Å². The summed E-state index contributed by atoms with van der Waals surface area (Å²) in [5.74, 6) is 0.173. The fraction of sp³-hybridized carbons (Fsp3) is 0.727. The third-order valence-corrected chi connectivity index (χ3v) is 4.69. The standard InChI is InChI=1S/C11H16N2O2S/c12-7-9-3-1-2-4-11(9)13-10-5-6-16(14,15)8-10/h5-6,9-11,13H,1-4,8H2. The molecule has 1 N–H and O–H groups in total. The van der Waals surface area contributed by atoms with Gasteiger partial charge in [0.1, 0.15) is 0 Å². The number of nitrogens with one attached hydrogen (secondary N) is 1. The van der Waals surface area contributed by atoms with Crippen LogP contribution in [0.25, 0.3) is 0 Å². The molecule has 0 saturated heterocycles. The van der Waals surface area contributed by atoms with E-state index in [-0.39, 0.29) is 23.8 Å². The molecule has 4 nitrogen and oxygen atoms in total. The Morgan fingerprint density at radius 2 is 2.06 bits per heavy atom. The zero-order valence-corrected chi connectivity index (χ0v) is 9.91. The third kappa shape index (κ3) is 2.63. The first-order valence-corrected chi connectivity index (χ1v) is 7.39. The number of hydrogen-bond donors (Lipinski definition) is 1. The number of nitriles is 1. The van der Waals surface area contributed by atoms with Crippen molar-refractivity contribution in [2.75, 3.05) is 5.75 Å². The molecule has 1 fully saturated rings. The van der Waals surface area contributed by atoms with Crippen LogP contribution >= 0.6 is 0 Å². The molecule has 0 radical (unpaired) electrons. The third-order valence-electron chi connectivity index (χ3n) is 3.29. The Morgan fingerprint density at radius 1 is 1.31 bits per heavy atom. The first kappa shape index (κ1) is 11.6. The summed E-state index contributed by atoms with van der Waals surface area (Å²) in [5.41, 5.74) is 0. The van der Waals surface area contributed by atoms with Crippen LogP contribution in [0.1, 0.15) is 25.7 Å². The minimum Gasteiger partial charge on any atom is -0.305 e. The van der Waals surface area contributed by atoms with Gasteiger partial charge in [-0.1, -0.05) is 18.9 Å². The maximum Gasteiger partial charge on any atom is 0.173 e. The number of sulfone groups is 1. The van der Waals surface area contributed by atoms with Crippen molar-refractivity contribution in [1.29, 1.82) is 5.26 Å². The summed E-state index contributed by atoms with van der Waals surface area (Å²) in [6, 6.07) is 2.36. The van der Waals surface area contributed by atoms with Crippen LogP contribution in [0.5, 0.6) is 0 Å². The summed E-state index contributed by atoms with van der Waals surface area (Å²) in [4.78, 5) is 0. The molecule has 1 aliphatic heterocycles. The van der Waals surface area contributed by atoms with E-state index >= 15 is 0 Å². The van der Waals surface area contributed by atoms with Gasteiger partial charge in [0.15, 0.2) is 9.84 Å². The average molecular weight is 240 g/mol. The summed E-state index contributed by atoms with van der Waals surface area (Å²) in [7, 11) is -3.00. The van der Waals surface area contributed by atoms with Crippen molar-refractivity contribution in [2.45, 2.75) is 37.8 Å².